The Morgan fingerprint density at radius 1 is 1.44 bits per heavy atom. The molecule has 0 aromatic carbocycles. The Balaban J connectivity index is 3.17. The minimum atomic E-state index is -1.09. The molecule has 7 heteroatoms. The van der Waals surface area contributed by atoms with Gasteiger partial charge >= 0.3 is 5.91 Å². The first-order chi connectivity index (χ1) is 7.16. The van der Waals surface area contributed by atoms with Crippen LogP contribution in [0.4, 0.5) is 4.39 Å². The molecule has 1 aliphatic rings. The number of amides is 1. The second kappa shape index (κ2) is 3.99. The topological polar surface area (TPSA) is 65.2 Å². The molecule has 1 aliphatic heterocycles. The zero-order valence-electron chi connectivity index (χ0n) is 10.2. The number of hydrogen-bond donors (Lipinski definition) is 1. The average molecular weight is 231 g/mol. The van der Waals surface area contributed by atoms with Gasteiger partial charge < -0.3 is 0 Å². The van der Waals surface area contributed by atoms with Gasteiger partial charge in [-0.2, -0.15) is 4.39 Å². The van der Waals surface area contributed by atoms with E-state index in [1.54, 1.807) is 19.0 Å². The summed E-state index contributed by atoms with van der Waals surface area (Å²) in [5, 5.41) is 5.96. The normalized spacial score (nSPS) is 22.9. The molecule has 2 N–H and O–H groups in total. The predicted octanol–water partition coefficient (Wildman–Crippen LogP) is -0.0690. The molecule has 0 aromatic rings. The zero-order valence-corrected chi connectivity index (χ0v) is 10.2. The molecule has 92 valence electrons. The number of hydrogen-bond acceptors (Lipinski definition) is 5. The number of nitrogens with zero attached hydrogens (tertiary/aromatic N) is 4. The van der Waals surface area contributed by atoms with Gasteiger partial charge in [0.1, 0.15) is 0 Å². The fourth-order valence-electron chi connectivity index (χ4n) is 1.48. The van der Waals surface area contributed by atoms with Crippen molar-refractivity contribution in [2.24, 2.45) is 10.9 Å². The third-order valence-corrected chi connectivity index (χ3v) is 2.22. The SMILES string of the molecule is CN(C)C1N(N)C(=O)C(F)=NN1C(C)(C)C. The van der Waals surface area contributed by atoms with Gasteiger partial charge in [-0.25, -0.2) is 10.9 Å². The highest BCUT2D eigenvalue weighted by Crippen LogP contribution is 2.23. The van der Waals surface area contributed by atoms with E-state index >= 15 is 0 Å². The number of carbonyl (C=O) groups is 1. The van der Waals surface area contributed by atoms with Gasteiger partial charge in [-0.3, -0.25) is 14.7 Å². The lowest BCUT2D eigenvalue weighted by Gasteiger charge is -2.46. The van der Waals surface area contributed by atoms with Crippen LogP contribution in [-0.4, -0.2) is 52.7 Å². The molecule has 1 heterocycles. The molecule has 16 heavy (non-hydrogen) atoms. The summed E-state index contributed by atoms with van der Waals surface area (Å²) in [5.74, 6) is 3.59. The van der Waals surface area contributed by atoms with E-state index in [2.05, 4.69) is 5.10 Å². The van der Waals surface area contributed by atoms with Crippen molar-refractivity contribution >= 4 is 11.9 Å². The van der Waals surface area contributed by atoms with Crippen LogP contribution in [0.2, 0.25) is 0 Å². The lowest BCUT2D eigenvalue weighted by atomic mass is 10.1. The van der Waals surface area contributed by atoms with Gasteiger partial charge in [-0.05, 0) is 34.9 Å². The molecule has 0 saturated heterocycles. The fourth-order valence-corrected chi connectivity index (χ4v) is 1.48. The van der Waals surface area contributed by atoms with Crippen LogP contribution in [0.3, 0.4) is 0 Å². The summed E-state index contributed by atoms with van der Waals surface area (Å²) in [6.07, 6.45) is -0.591. The van der Waals surface area contributed by atoms with Gasteiger partial charge in [0.2, 0.25) is 0 Å². The van der Waals surface area contributed by atoms with Crippen LogP contribution in [-0.2, 0) is 4.79 Å². The Bertz CT molecular complexity index is 322. The van der Waals surface area contributed by atoms with Crippen LogP contribution in [0.1, 0.15) is 20.8 Å². The third-order valence-electron chi connectivity index (χ3n) is 2.22. The van der Waals surface area contributed by atoms with Crippen LogP contribution < -0.4 is 5.84 Å². The van der Waals surface area contributed by atoms with Crippen molar-refractivity contribution in [3.05, 3.63) is 0 Å². The van der Waals surface area contributed by atoms with Crippen LogP contribution >= 0.6 is 0 Å². The van der Waals surface area contributed by atoms with Gasteiger partial charge in [0.15, 0.2) is 6.29 Å². The van der Waals surface area contributed by atoms with Crippen LogP contribution in [0.25, 0.3) is 0 Å². The second-order valence-electron chi connectivity index (χ2n) is 4.93. The van der Waals surface area contributed by atoms with Crippen LogP contribution in [0.5, 0.6) is 0 Å². The number of nitrogens with two attached hydrogens (primary N) is 1. The van der Waals surface area contributed by atoms with E-state index in [4.69, 9.17) is 5.84 Å². The van der Waals surface area contributed by atoms with Crippen LogP contribution in [0, 0.1) is 0 Å². The molecule has 6 nitrogen and oxygen atoms in total. The Hall–Kier alpha value is -1.21. The zero-order chi connectivity index (χ0) is 12.7. The molecule has 1 amide bonds. The highest BCUT2D eigenvalue weighted by Gasteiger charge is 2.41. The number of hydrazone groups is 1. The molecule has 1 rings (SSSR count). The Morgan fingerprint density at radius 3 is 2.31 bits per heavy atom. The first-order valence-electron chi connectivity index (χ1n) is 4.94. The standard InChI is InChI=1S/C9H18FN5O/c1-9(2,3)15-8(13(4)5)14(11)7(16)6(10)12-15/h8H,11H2,1-5H3. The van der Waals surface area contributed by atoms with E-state index in [-0.39, 0.29) is 0 Å². The summed E-state index contributed by atoms with van der Waals surface area (Å²) >= 11 is 0. The Labute approximate surface area is 94.4 Å². The number of hydrazine groups is 1. The monoisotopic (exact) mass is 231 g/mol. The van der Waals surface area contributed by atoms with Gasteiger partial charge in [-0.15, -0.1) is 5.10 Å². The van der Waals surface area contributed by atoms with E-state index < -0.39 is 23.7 Å². The number of halogens is 1. The van der Waals surface area contributed by atoms with Gasteiger partial charge in [-0.1, -0.05) is 0 Å². The summed E-state index contributed by atoms with van der Waals surface area (Å²) in [4.78, 5) is 13.0. The van der Waals surface area contributed by atoms with E-state index in [1.807, 2.05) is 20.8 Å². The van der Waals surface area contributed by atoms with Crippen molar-refractivity contribution in [2.75, 3.05) is 14.1 Å². The molecule has 1 unspecified atom stereocenters. The maximum Gasteiger partial charge on any atom is 0.320 e. The molecule has 0 aliphatic carbocycles. The van der Waals surface area contributed by atoms with Gasteiger partial charge in [0.05, 0.1) is 5.54 Å². The molecule has 0 fully saturated rings. The molecule has 1 atom stereocenters. The predicted molar refractivity (Wildman–Crippen MR) is 58.6 cm³/mol. The van der Waals surface area contributed by atoms with Crippen molar-refractivity contribution in [2.45, 2.75) is 32.6 Å². The summed E-state index contributed by atoms with van der Waals surface area (Å²) in [6, 6.07) is 0. The molecule has 0 bridgehead atoms. The first-order valence-corrected chi connectivity index (χ1v) is 4.94. The molecular weight excluding hydrogens is 213 g/mol. The van der Waals surface area contributed by atoms with Gasteiger partial charge in [0.25, 0.3) is 5.97 Å². The minimum Gasteiger partial charge on any atom is -0.270 e. The largest absolute Gasteiger partial charge is 0.320 e. The first kappa shape index (κ1) is 12.9. The second-order valence-corrected chi connectivity index (χ2v) is 4.93. The lowest BCUT2D eigenvalue weighted by Crippen LogP contribution is -2.66. The molecule has 0 saturated carbocycles. The number of rotatable bonds is 1. The molecule has 0 radical (unpaired) electrons. The minimum absolute atomic E-state index is 0.440. The molecule has 0 aromatic heterocycles. The van der Waals surface area contributed by atoms with Crippen molar-refractivity contribution in [3.63, 3.8) is 0 Å². The maximum absolute atomic E-state index is 13.3. The smallest absolute Gasteiger partial charge is 0.270 e. The highest BCUT2D eigenvalue weighted by molar-refractivity contribution is 6.34. The lowest BCUT2D eigenvalue weighted by molar-refractivity contribution is -0.151. The average Bonchev–Trinajstić information content (AvgIpc) is 2.11. The summed E-state index contributed by atoms with van der Waals surface area (Å²) in [6.45, 7) is 5.59. The van der Waals surface area contributed by atoms with Crippen molar-refractivity contribution in [1.29, 1.82) is 0 Å². The van der Waals surface area contributed by atoms with Crippen molar-refractivity contribution in [1.82, 2.24) is 14.9 Å². The van der Waals surface area contributed by atoms with Crippen molar-refractivity contribution < 1.29 is 9.18 Å². The molecule has 0 spiro atoms. The molecular formula is C9H18FN5O. The summed E-state index contributed by atoms with van der Waals surface area (Å²) < 4.78 is 13.3. The van der Waals surface area contributed by atoms with Crippen LogP contribution in [0.15, 0.2) is 5.10 Å². The van der Waals surface area contributed by atoms with E-state index in [0.717, 1.165) is 5.01 Å². The Kier molecular flexibility index (Phi) is 3.20. The Morgan fingerprint density at radius 2 is 1.94 bits per heavy atom. The van der Waals surface area contributed by atoms with E-state index in [1.165, 1.54) is 5.01 Å². The van der Waals surface area contributed by atoms with E-state index in [9.17, 15) is 9.18 Å². The van der Waals surface area contributed by atoms with Crippen molar-refractivity contribution in [3.8, 4) is 0 Å². The quantitative estimate of drug-likeness (QED) is 0.507. The van der Waals surface area contributed by atoms with E-state index in [0.29, 0.717) is 0 Å². The summed E-state index contributed by atoms with van der Waals surface area (Å²) in [5.41, 5.74) is -0.440. The summed E-state index contributed by atoms with van der Waals surface area (Å²) in [7, 11) is 3.49. The maximum atomic E-state index is 13.3. The van der Waals surface area contributed by atoms with Gasteiger partial charge in [0, 0.05) is 0 Å². The fraction of sp³-hybridized carbons (Fsp3) is 0.778. The number of carbonyl (C=O) groups excluding carboxylic acids is 1. The highest BCUT2D eigenvalue weighted by atomic mass is 19.1. The third kappa shape index (κ3) is 2.14.